The number of amides is 1. The standard InChI is InChI=1S/C11H19NO3.C3H8.CH5N/c1-2-15-10(13)8-12-11(14)9-6-4-3-5-7-9;1-3-2;1-2/h9H,2-8H2,1H3,(H,12,14);3H2,1-2H3;2H2,1H3. The van der Waals surface area contributed by atoms with Crippen molar-refractivity contribution in [1.82, 2.24) is 5.32 Å². The highest BCUT2D eigenvalue weighted by molar-refractivity contribution is 5.83. The Kier molecular flexibility index (Phi) is 16.9. The Morgan fingerprint density at radius 1 is 1.10 bits per heavy atom. The maximum Gasteiger partial charge on any atom is 0.325 e. The van der Waals surface area contributed by atoms with Crippen molar-refractivity contribution in [1.29, 1.82) is 0 Å². The van der Waals surface area contributed by atoms with E-state index in [9.17, 15) is 9.59 Å². The van der Waals surface area contributed by atoms with Gasteiger partial charge in [0.15, 0.2) is 0 Å². The molecule has 0 unspecified atom stereocenters. The largest absolute Gasteiger partial charge is 0.465 e. The van der Waals surface area contributed by atoms with Gasteiger partial charge in [0, 0.05) is 5.92 Å². The van der Waals surface area contributed by atoms with Gasteiger partial charge in [-0.25, -0.2) is 0 Å². The van der Waals surface area contributed by atoms with Crippen molar-refractivity contribution in [3.05, 3.63) is 0 Å². The highest BCUT2D eigenvalue weighted by atomic mass is 16.5. The van der Waals surface area contributed by atoms with Crippen LogP contribution in [0.3, 0.4) is 0 Å². The smallest absolute Gasteiger partial charge is 0.325 e. The summed E-state index contributed by atoms with van der Waals surface area (Å²) in [5.74, 6) is -0.252. The van der Waals surface area contributed by atoms with Gasteiger partial charge in [-0.3, -0.25) is 9.59 Å². The maximum absolute atomic E-state index is 11.6. The Morgan fingerprint density at radius 2 is 1.60 bits per heavy atom. The van der Waals surface area contributed by atoms with Crippen LogP contribution in [-0.4, -0.2) is 32.1 Å². The lowest BCUT2D eigenvalue weighted by Crippen LogP contribution is -2.36. The van der Waals surface area contributed by atoms with Crippen molar-refractivity contribution in [2.24, 2.45) is 11.7 Å². The van der Waals surface area contributed by atoms with Crippen LogP contribution in [0.4, 0.5) is 0 Å². The molecule has 0 aliphatic heterocycles. The van der Waals surface area contributed by atoms with Crippen LogP contribution in [0.5, 0.6) is 0 Å². The highest BCUT2D eigenvalue weighted by Gasteiger charge is 2.21. The summed E-state index contributed by atoms with van der Waals surface area (Å²) in [4.78, 5) is 22.6. The number of hydrogen-bond donors (Lipinski definition) is 2. The van der Waals surface area contributed by atoms with E-state index in [1.165, 1.54) is 19.9 Å². The van der Waals surface area contributed by atoms with Crippen LogP contribution in [0.1, 0.15) is 59.3 Å². The van der Waals surface area contributed by atoms with Crippen molar-refractivity contribution in [3.63, 3.8) is 0 Å². The third kappa shape index (κ3) is 12.0. The summed E-state index contributed by atoms with van der Waals surface area (Å²) < 4.78 is 4.73. The van der Waals surface area contributed by atoms with Gasteiger partial charge in [0.25, 0.3) is 0 Å². The monoisotopic (exact) mass is 288 g/mol. The molecule has 0 radical (unpaired) electrons. The highest BCUT2D eigenvalue weighted by Crippen LogP contribution is 2.23. The molecule has 1 rings (SSSR count). The molecule has 1 aliphatic carbocycles. The summed E-state index contributed by atoms with van der Waals surface area (Å²) in [6.45, 7) is 6.36. The molecule has 1 fully saturated rings. The van der Waals surface area contributed by atoms with E-state index in [1.807, 2.05) is 0 Å². The number of nitrogens with one attached hydrogen (secondary N) is 1. The maximum atomic E-state index is 11.6. The SMILES string of the molecule is CCC.CCOC(=O)CNC(=O)C1CCCCC1.CN. The minimum atomic E-state index is -0.360. The number of carbonyl (C=O) groups is 2. The van der Waals surface area contributed by atoms with Crippen molar-refractivity contribution < 1.29 is 14.3 Å². The van der Waals surface area contributed by atoms with Crippen molar-refractivity contribution >= 4 is 11.9 Å². The molecule has 1 saturated carbocycles. The van der Waals surface area contributed by atoms with E-state index in [2.05, 4.69) is 24.9 Å². The predicted octanol–water partition coefficient (Wildman–Crippen LogP) is 2.24. The fraction of sp³-hybridized carbons (Fsp3) is 0.867. The topological polar surface area (TPSA) is 81.4 Å². The number of carbonyl (C=O) groups excluding carboxylic acids is 2. The third-order valence-corrected chi connectivity index (χ3v) is 2.69. The third-order valence-electron chi connectivity index (χ3n) is 2.69. The molecule has 1 amide bonds. The summed E-state index contributed by atoms with van der Waals surface area (Å²) in [5, 5.41) is 2.62. The normalized spacial score (nSPS) is 14.1. The average molecular weight is 288 g/mol. The van der Waals surface area contributed by atoms with Gasteiger partial charge in [-0.1, -0.05) is 39.5 Å². The molecule has 0 aromatic carbocycles. The molecular formula is C15H32N2O3. The zero-order chi connectivity index (χ0) is 15.8. The van der Waals surface area contributed by atoms with Crippen LogP contribution in [0.15, 0.2) is 0 Å². The number of ether oxygens (including phenoxy) is 1. The van der Waals surface area contributed by atoms with Gasteiger partial charge in [-0.2, -0.15) is 0 Å². The van der Waals surface area contributed by atoms with Crippen LogP contribution in [0.2, 0.25) is 0 Å². The Morgan fingerprint density at radius 3 is 2.05 bits per heavy atom. The quantitative estimate of drug-likeness (QED) is 0.777. The van der Waals surface area contributed by atoms with Crippen molar-refractivity contribution in [3.8, 4) is 0 Å². The van der Waals surface area contributed by atoms with Crippen molar-refractivity contribution in [2.45, 2.75) is 59.3 Å². The summed E-state index contributed by atoms with van der Waals surface area (Å²) in [5.41, 5.74) is 4.50. The molecule has 0 atom stereocenters. The number of nitrogens with two attached hydrogens (primary N) is 1. The second-order valence-corrected chi connectivity index (χ2v) is 4.56. The lowest BCUT2D eigenvalue weighted by Gasteiger charge is -2.20. The van der Waals surface area contributed by atoms with Crippen LogP contribution in [0, 0.1) is 5.92 Å². The van der Waals surface area contributed by atoms with E-state index in [0.29, 0.717) is 6.61 Å². The fourth-order valence-corrected chi connectivity index (χ4v) is 1.88. The van der Waals surface area contributed by atoms with E-state index < -0.39 is 0 Å². The first kappa shape index (κ1) is 21.2. The van der Waals surface area contributed by atoms with Gasteiger partial charge in [0.1, 0.15) is 6.54 Å². The van der Waals surface area contributed by atoms with E-state index in [1.54, 1.807) is 6.92 Å². The van der Waals surface area contributed by atoms with Crippen LogP contribution in [-0.2, 0) is 14.3 Å². The molecule has 0 aromatic rings. The fourth-order valence-electron chi connectivity index (χ4n) is 1.88. The molecule has 0 spiro atoms. The van der Waals surface area contributed by atoms with Gasteiger partial charge >= 0.3 is 5.97 Å². The second-order valence-electron chi connectivity index (χ2n) is 4.56. The predicted molar refractivity (Wildman–Crippen MR) is 82.3 cm³/mol. The molecule has 1 aliphatic rings. The zero-order valence-corrected chi connectivity index (χ0v) is 13.5. The zero-order valence-electron chi connectivity index (χ0n) is 13.5. The van der Waals surface area contributed by atoms with Crippen LogP contribution < -0.4 is 11.1 Å². The Balaban J connectivity index is 0. The summed E-state index contributed by atoms with van der Waals surface area (Å²) in [7, 11) is 1.50. The Bertz CT molecular complexity index is 239. The summed E-state index contributed by atoms with van der Waals surface area (Å²) in [6.07, 6.45) is 6.62. The molecule has 5 heteroatoms. The molecule has 20 heavy (non-hydrogen) atoms. The number of rotatable bonds is 4. The molecule has 5 nitrogen and oxygen atoms in total. The van der Waals surface area contributed by atoms with E-state index in [4.69, 9.17) is 4.74 Å². The molecule has 3 N–H and O–H groups in total. The number of hydrogen-bond acceptors (Lipinski definition) is 4. The Hall–Kier alpha value is -1.10. The first-order valence-corrected chi connectivity index (χ1v) is 7.66. The molecule has 0 aromatic heterocycles. The minimum Gasteiger partial charge on any atom is -0.465 e. The lowest BCUT2D eigenvalue weighted by atomic mass is 9.89. The molecule has 0 heterocycles. The first-order valence-electron chi connectivity index (χ1n) is 7.66. The van der Waals surface area contributed by atoms with E-state index >= 15 is 0 Å². The van der Waals surface area contributed by atoms with Crippen LogP contribution in [0.25, 0.3) is 0 Å². The molecule has 120 valence electrons. The van der Waals surface area contributed by atoms with Crippen molar-refractivity contribution in [2.75, 3.05) is 20.2 Å². The van der Waals surface area contributed by atoms with E-state index in [0.717, 1.165) is 25.7 Å². The summed E-state index contributed by atoms with van der Waals surface area (Å²) in [6, 6.07) is 0. The van der Waals surface area contributed by atoms with Crippen LogP contribution >= 0.6 is 0 Å². The van der Waals surface area contributed by atoms with E-state index in [-0.39, 0.29) is 24.3 Å². The molecule has 0 bridgehead atoms. The number of esters is 1. The van der Waals surface area contributed by atoms with Gasteiger partial charge < -0.3 is 15.8 Å². The minimum absolute atomic E-state index is 0.00255. The lowest BCUT2D eigenvalue weighted by molar-refractivity contribution is -0.143. The Labute approximate surface area is 123 Å². The first-order chi connectivity index (χ1) is 9.65. The van der Waals surface area contributed by atoms with Gasteiger partial charge in [0.05, 0.1) is 6.61 Å². The molecule has 0 saturated heterocycles. The average Bonchev–Trinajstić information content (AvgIpc) is 2.49. The van der Waals surface area contributed by atoms with Gasteiger partial charge in [0.2, 0.25) is 5.91 Å². The summed E-state index contributed by atoms with van der Waals surface area (Å²) >= 11 is 0. The molecular weight excluding hydrogens is 256 g/mol. The second kappa shape index (κ2) is 16.0. The van der Waals surface area contributed by atoms with Gasteiger partial charge in [-0.05, 0) is 26.8 Å². The van der Waals surface area contributed by atoms with Gasteiger partial charge in [-0.15, -0.1) is 0 Å².